The monoisotopic (exact) mass is 854 g/mol. The van der Waals surface area contributed by atoms with Crippen LogP contribution < -0.4 is 0 Å². The van der Waals surface area contributed by atoms with E-state index in [1.807, 2.05) is 28.0 Å². The van der Waals surface area contributed by atoms with Gasteiger partial charge < -0.3 is 0 Å². The summed E-state index contributed by atoms with van der Waals surface area (Å²) < 4.78 is 0. The van der Waals surface area contributed by atoms with Crippen molar-refractivity contribution in [1.82, 2.24) is 0 Å². The summed E-state index contributed by atoms with van der Waals surface area (Å²) in [5, 5.41) is 4.39. The Morgan fingerprint density at radius 1 is 0.233 bits per heavy atom. The summed E-state index contributed by atoms with van der Waals surface area (Å²) in [5.41, 5.74) is 0. The van der Waals surface area contributed by atoms with E-state index in [1.54, 1.807) is 0 Å². The standard InChI is InChI=1S/3C12H27Si.ClGe.Ge2/c3*1-10(2,3)13(11(4,5)6)12(7,8)9;2*1-2/h3*1-9H3;;. The molecule has 0 spiro atoms. The normalized spacial score (nSPS) is 14.0. The Morgan fingerprint density at radius 3 is 0.279 bits per heavy atom. The van der Waals surface area contributed by atoms with Gasteiger partial charge in [0.2, 0.25) is 0 Å². The van der Waals surface area contributed by atoms with E-state index in [0.29, 0.717) is 45.3 Å². The van der Waals surface area contributed by atoms with E-state index in [2.05, 4.69) is 197 Å². The number of rotatable bonds is 0. The van der Waals surface area contributed by atoms with Gasteiger partial charge in [-0.05, 0) is 45.3 Å². The summed E-state index contributed by atoms with van der Waals surface area (Å²) >= 11 is 5.47. The van der Waals surface area contributed by atoms with Crippen LogP contribution in [-0.4, -0.2) is 70.0 Å². The molecule has 0 aromatic carbocycles. The Balaban J connectivity index is -0.000000158. The molecule has 0 saturated carbocycles. The molecular formula is C36H81ClGe3Si3. The van der Waals surface area contributed by atoms with Crippen LogP contribution in [0.5, 0.6) is 0 Å². The maximum absolute atomic E-state index is 4.64. The molecular weight excluding hydrogens is 770 g/mol. The Hall–Kier alpha value is 2.57. The number of hydrogen-bond acceptors (Lipinski definition) is 0. The van der Waals surface area contributed by atoms with Crippen LogP contribution in [0.3, 0.4) is 0 Å². The molecule has 43 heavy (non-hydrogen) atoms. The predicted molar refractivity (Wildman–Crippen MR) is 218 cm³/mol. The summed E-state index contributed by atoms with van der Waals surface area (Å²) in [4.78, 5) is 0. The molecule has 0 unspecified atom stereocenters. The quantitative estimate of drug-likeness (QED) is 0.213. The van der Waals surface area contributed by atoms with Crippen molar-refractivity contribution in [2.75, 3.05) is 0 Å². The van der Waals surface area contributed by atoms with E-state index < -0.39 is 26.4 Å². The van der Waals surface area contributed by atoms with Crippen molar-refractivity contribution in [2.24, 2.45) is 0 Å². The SMILES string of the molecule is CC(C)(C)[Si](C(C)(C)C)C(C)(C)C.CC(C)(C)[Si](C(C)(C)C)C(C)(C)C.CC(C)(C)[Si](C(C)(C)C)C(C)(C)C.[Cl][Ge].[Ge]=[Ge]. The molecule has 0 N–H and O–H groups in total. The zero-order chi connectivity index (χ0) is 37.2. The minimum atomic E-state index is -0.391. The fraction of sp³-hybridized carbons (Fsp3) is 1.00. The van der Waals surface area contributed by atoms with E-state index in [1.165, 1.54) is 15.6 Å². The minimum absolute atomic E-state index is 0.391. The molecule has 0 heterocycles. The fourth-order valence-corrected chi connectivity index (χ4v) is 30.4. The molecule has 0 aliphatic heterocycles. The third-order valence-electron chi connectivity index (χ3n) is 6.75. The van der Waals surface area contributed by atoms with Crippen LogP contribution in [0.4, 0.5) is 0 Å². The molecule has 0 aliphatic rings. The van der Waals surface area contributed by atoms with Crippen molar-refractivity contribution in [3.8, 4) is 0 Å². The van der Waals surface area contributed by atoms with Gasteiger partial charge in [-0.3, -0.25) is 0 Å². The van der Waals surface area contributed by atoms with Gasteiger partial charge in [-0.2, -0.15) is 0 Å². The Labute approximate surface area is 309 Å². The molecule has 0 nitrogen and oxygen atoms in total. The molecule has 0 aromatic rings. The molecule has 10 radical (unpaired) electrons. The molecule has 0 amide bonds. The van der Waals surface area contributed by atoms with Crippen LogP contribution >= 0.6 is 10.0 Å². The second-order valence-corrected chi connectivity index (χ2v) is 37.1. The first-order chi connectivity index (χ1) is 18.1. The van der Waals surface area contributed by atoms with E-state index in [0.717, 1.165) is 0 Å². The van der Waals surface area contributed by atoms with Crippen molar-refractivity contribution in [3.63, 3.8) is 0 Å². The zero-order valence-electron chi connectivity index (χ0n) is 34.9. The molecule has 0 aromatic heterocycles. The zero-order valence-corrected chi connectivity index (χ0v) is 44.9. The number of hydrogen-bond donors (Lipinski definition) is 0. The van der Waals surface area contributed by atoms with Gasteiger partial charge in [-0.25, -0.2) is 0 Å². The molecule has 256 valence electrons. The van der Waals surface area contributed by atoms with Crippen LogP contribution in [-0.2, 0) is 0 Å². The van der Waals surface area contributed by atoms with Crippen molar-refractivity contribution >= 4 is 80.0 Å². The second kappa shape index (κ2) is 19.7. The maximum atomic E-state index is 4.64. The van der Waals surface area contributed by atoms with Crippen molar-refractivity contribution in [1.29, 1.82) is 0 Å². The summed E-state index contributed by atoms with van der Waals surface area (Å²) in [7, 11) is 3.47. The van der Waals surface area contributed by atoms with E-state index in [4.69, 9.17) is 0 Å². The fourth-order valence-electron chi connectivity index (χ4n) is 10.1. The van der Waals surface area contributed by atoms with E-state index in [9.17, 15) is 0 Å². The summed E-state index contributed by atoms with van der Waals surface area (Å²) in [6.07, 6.45) is 0. The van der Waals surface area contributed by atoms with Crippen molar-refractivity contribution < 1.29 is 0 Å². The van der Waals surface area contributed by atoms with Gasteiger partial charge in [0.05, 0.1) is 26.4 Å². The van der Waals surface area contributed by atoms with Crippen LogP contribution in [0.2, 0.25) is 45.3 Å². The van der Waals surface area contributed by atoms with Gasteiger partial charge in [-0.15, -0.1) is 0 Å². The average Bonchev–Trinajstić information content (AvgIpc) is 2.53. The third-order valence-corrected chi connectivity index (χ3v) is 20.2. The van der Waals surface area contributed by atoms with Gasteiger partial charge in [0, 0.05) is 0 Å². The molecule has 0 rings (SSSR count). The first-order valence-electron chi connectivity index (χ1n) is 16.2. The van der Waals surface area contributed by atoms with E-state index in [-0.39, 0.29) is 0 Å². The van der Waals surface area contributed by atoms with Gasteiger partial charge in [0.25, 0.3) is 0 Å². The molecule has 0 aliphatic carbocycles. The van der Waals surface area contributed by atoms with Crippen molar-refractivity contribution in [3.05, 3.63) is 0 Å². The van der Waals surface area contributed by atoms with Gasteiger partial charge >= 0.3 is 53.6 Å². The Kier molecular flexibility index (Phi) is 25.2. The number of halogens is 1. The second-order valence-electron chi connectivity index (χ2n) is 21.4. The average molecular weight is 852 g/mol. The van der Waals surface area contributed by atoms with Crippen LogP contribution in [0, 0.1) is 0 Å². The van der Waals surface area contributed by atoms with Gasteiger partial charge in [0.15, 0.2) is 0 Å². The first-order valence-corrected chi connectivity index (χ1v) is 29.9. The van der Waals surface area contributed by atoms with Crippen LogP contribution in [0.1, 0.15) is 187 Å². The predicted octanol–water partition coefficient (Wildman–Crippen LogP) is 14.2. The van der Waals surface area contributed by atoms with Crippen LogP contribution in [0.25, 0.3) is 0 Å². The van der Waals surface area contributed by atoms with Gasteiger partial charge in [-0.1, -0.05) is 187 Å². The molecule has 0 fully saturated rings. The molecule has 7 heteroatoms. The Bertz CT molecular complexity index is 520. The third kappa shape index (κ3) is 25.2. The molecule has 0 bridgehead atoms. The summed E-state index contributed by atoms with van der Waals surface area (Å²) in [5.74, 6) is 0. The van der Waals surface area contributed by atoms with Gasteiger partial charge in [0.1, 0.15) is 0 Å². The van der Waals surface area contributed by atoms with Crippen molar-refractivity contribution in [2.45, 2.75) is 232 Å². The van der Waals surface area contributed by atoms with E-state index >= 15 is 0 Å². The first kappa shape index (κ1) is 55.0. The summed E-state index contributed by atoms with van der Waals surface area (Å²) in [6, 6.07) is 0. The molecule has 0 saturated heterocycles. The molecule has 0 atom stereocenters. The van der Waals surface area contributed by atoms with Crippen LogP contribution in [0.15, 0.2) is 0 Å². The summed E-state index contributed by atoms with van der Waals surface area (Å²) in [6.45, 7) is 64.8. The Morgan fingerprint density at radius 2 is 0.279 bits per heavy atom. The topological polar surface area (TPSA) is 0 Å².